The number of esters is 1. The van der Waals surface area contributed by atoms with Gasteiger partial charge in [-0.25, -0.2) is 14.2 Å². The Morgan fingerprint density at radius 1 is 1.18 bits per heavy atom. The van der Waals surface area contributed by atoms with Gasteiger partial charge in [-0.2, -0.15) is 0 Å². The summed E-state index contributed by atoms with van der Waals surface area (Å²) in [5, 5.41) is 0. The number of nitrogens with zero attached hydrogens (tertiary/aromatic N) is 3. The van der Waals surface area contributed by atoms with Crippen molar-refractivity contribution in [2.75, 3.05) is 37.7 Å². The van der Waals surface area contributed by atoms with Crippen LogP contribution in [0.2, 0.25) is 0 Å². The second-order valence-electron chi connectivity index (χ2n) is 6.38. The summed E-state index contributed by atoms with van der Waals surface area (Å²) < 4.78 is 19.7. The Balaban J connectivity index is 1.67. The molecule has 0 aliphatic carbocycles. The molecule has 0 atom stereocenters. The summed E-state index contributed by atoms with van der Waals surface area (Å²) in [6.45, 7) is 4.37. The molecule has 6 nitrogen and oxygen atoms in total. The van der Waals surface area contributed by atoms with Crippen LogP contribution in [0.25, 0.3) is 0 Å². The maximum Gasteiger partial charge on any atom is 0.339 e. The Labute approximate surface area is 171 Å². The van der Waals surface area contributed by atoms with Crippen molar-refractivity contribution in [1.29, 1.82) is 0 Å². The van der Waals surface area contributed by atoms with Gasteiger partial charge in [0, 0.05) is 36.8 Å². The van der Waals surface area contributed by atoms with E-state index in [0.29, 0.717) is 36.3 Å². The minimum absolute atomic E-state index is 0.0692. The highest BCUT2D eigenvalue weighted by atomic mass is 79.9. The molecule has 0 spiro atoms. The van der Waals surface area contributed by atoms with E-state index in [1.54, 1.807) is 30.0 Å². The predicted octanol–water partition coefficient (Wildman–Crippen LogP) is 3.51. The number of anilines is 1. The van der Waals surface area contributed by atoms with Crippen molar-refractivity contribution in [3.8, 4) is 0 Å². The Morgan fingerprint density at radius 2 is 2.00 bits per heavy atom. The molecule has 0 N–H and O–H groups in total. The predicted molar refractivity (Wildman–Crippen MR) is 107 cm³/mol. The molecule has 0 saturated carbocycles. The van der Waals surface area contributed by atoms with E-state index in [9.17, 15) is 14.0 Å². The maximum absolute atomic E-state index is 14.0. The molecule has 0 unspecified atom stereocenters. The monoisotopic (exact) mass is 449 g/mol. The first kappa shape index (κ1) is 20.3. The number of benzene rings is 1. The van der Waals surface area contributed by atoms with E-state index in [-0.39, 0.29) is 11.5 Å². The van der Waals surface area contributed by atoms with Gasteiger partial charge < -0.3 is 14.5 Å². The van der Waals surface area contributed by atoms with Gasteiger partial charge in [-0.05, 0) is 43.7 Å². The van der Waals surface area contributed by atoms with Crippen molar-refractivity contribution in [1.82, 2.24) is 9.88 Å². The number of pyridine rings is 1. The minimum Gasteiger partial charge on any atom is -0.462 e. The standard InChI is InChI=1S/C20H21BrFN3O3/c1-2-28-20(27)14-4-7-18(23-13-14)24-8-3-9-25(11-10-24)19(26)16-12-15(21)5-6-17(16)22/h4-7,12-13H,2-3,8-11H2,1H3. The minimum atomic E-state index is -0.523. The fourth-order valence-corrected chi connectivity index (χ4v) is 3.45. The fourth-order valence-electron chi connectivity index (χ4n) is 3.09. The number of hydrogen-bond acceptors (Lipinski definition) is 5. The van der Waals surface area contributed by atoms with Crippen LogP contribution in [0.5, 0.6) is 0 Å². The average molecular weight is 450 g/mol. The van der Waals surface area contributed by atoms with Crippen molar-refractivity contribution in [2.24, 2.45) is 0 Å². The summed E-state index contributed by atoms with van der Waals surface area (Å²) in [6.07, 6.45) is 2.24. The normalized spacial score (nSPS) is 14.5. The van der Waals surface area contributed by atoms with Crippen LogP contribution in [-0.2, 0) is 4.74 Å². The van der Waals surface area contributed by atoms with E-state index in [1.807, 2.05) is 0 Å². The van der Waals surface area contributed by atoms with Crippen LogP contribution in [0.15, 0.2) is 41.0 Å². The quantitative estimate of drug-likeness (QED) is 0.668. The third-order valence-electron chi connectivity index (χ3n) is 4.52. The highest BCUT2D eigenvalue weighted by Crippen LogP contribution is 2.20. The summed E-state index contributed by atoms with van der Waals surface area (Å²) in [4.78, 5) is 32.5. The maximum atomic E-state index is 14.0. The van der Waals surface area contributed by atoms with E-state index in [4.69, 9.17) is 4.74 Å². The topological polar surface area (TPSA) is 62.7 Å². The molecule has 1 aliphatic rings. The van der Waals surface area contributed by atoms with E-state index in [0.717, 1.165) is 18.8 Å². The van der Waals surface area contributed by atoms with Crippen molar-refractivity contribution < 1.29 is 18.7 Å². The summed E-state index contributed by atoms with van der Waals surface area (Å²) in [5.41, 5.74) is 0.474. The number of rotatable bonds is 4. The molecule has 1 saturated heterocycles. The van der Waals surface area contributed by atoms with Crippen molar-refractivity contribution in [3.05, 3.63) is 57.9 Å². The van der Waals surface area contributed by atoms with Crippen LogP contribution in [0.1, 0.15) is 34.1 Å². The molecule has 8 heteroatoms. The average Bonchev–Trinajstić information content (AvgIpc) is 2.96. The molecule has 0 radical (unpaired) electrons. The van der Waals surface area contributed by atoms with Gasteiger partial charge in [-0.3, -0.25) is 4.79 Å². The number of amides is 1. The lowest BCUT2D eigenvalue weighted by atomic mass is 10.2. The van der Waals surface area contributed by atoms with E-state index < -0.39 is 11.8 Å². The molecule has 0 bridgehead atoms. The first-order chi connectivity index (χ1) is 13.5. The third kappa shape index (κ3) is 4.67. The lowest BCUT2D eigenvalue weighted by Gasteiger charge is -2.23. The largest absolute Gasteiger partial charge is 0.462 e. The molecule has 1 fully saturated rings. The molecule has 1 amide bonds. The Hall–Kier alpha value is -2.48. The number of ether oxygens (including phenoxy) is 1. The molecule has 3 rings (SSSR count). The number of aromatic nitrogens is 1. The number of halogens is 2. The summed E-state index contributed by atoms with van der Waals surface area (Å²) in [6, 6.07) is 7.83. The van der Waals surface area contributed by atoms with Gasteiger partial charge in [0.2, 0.25) is 0 Å². The van der Waals surface area contributed by atoms with E-state index in [1.165, 1.54) is 18.3 Å². The molecule has 148 valence electrons. The van der Waals surface area contributed by atoms with Crippen molar-refractivity contribution in [2.45, 2.75) is 13.3 Å². The van der Waals surface area contributed by atoms with Gasteiger partial charge in [0.25, 0.3) is 5.91 Å². The van der Waals surface area contributed by atoms with Gasteiger partial charge >= 0.3 is 5.97 Å². The van der Waals surface area contributed by atoms with Gasteiger partial charge in [0.15, 0.2) is 0 Å². The Bertz CT molecular complexity index is 860. The first-order valence-electron chi connectivity index (χ1n) is 9.12. The molecule has 1 aromatic carbocycles. The van der Waals surface area contributed by atoms with Crippen LogP contribution in [0.4, 0.5) is 10.2 Å². The second-order valence-corrected chi connectivity index (χ2v) is 7.30. The molecule has 1 aliphatic heterocycles. The summed E-state index contributed by atoms with van der Waals surface area (Å²) in [5.74, 6) is -0.502. The Morgan fingerprint density at radius 3 is 2.71 bits per heavy atom. The zero-order chi connectivity index (χ0) is 20.1. The zero-order valence-electron chi connectivity index (χ0n) is 15.5. The molecular formula is C20H21BrFN3O3. The Kier molecular flexibility index (Phi) is 6.61. The van der Waals surface area contributed by atoms with E-state index in [2.05, 4.69) is 25.8 Å². The van der Waals surface area contributed by atoms with Gasteiger partial charge in [-0.1, -0.05) is 15.9 Å². The lowest BCUT2D eigenvalue weighted by Crippen LogP contribution is -2.35. The number of hydrogen-bond donors (Lipinski definition) is 0. The second kappa shape index (κ2) is 9.14. The number of carbonyl (C=O) groups is 2. The smallest absolute Gasteiger partial charge is 0.339 e. The molecule has 28 heavy (non-hydrogen) atoms. The molecule has 1 aromatic heterocycles. The highest BCUT2D eigenvalue weighted by Gasteiger charge is 2.23. The third-order valence-corrected chi connectivity index (χ3v) is 5.02. The molecule has 2 aromatic rings. The first-order valence-corrected chi connectivity index (χ1v) is 9.91. The summed E-state index contributed by atoms with van der Waals surface area (Å²) in [7, 11) is 0. The lowest BCUT2D eigenvalue weighted by molar-refractivity contribution is 0.0525. The van der Waals surface area contributed by atoms with Gasteiger partial charge in [0.05, 0.1) is 17.7 Å². The zero-order valence-corrected chi connectivity index (χ0v) is 17.1. The van der Waals surface area contributed by atoms with E-state index >= 15 is 0 Å². The number of carbonyl (C=O) groups excluding carboxylic acids is 2. The van der Waals surface area contributed by atoms with Crippen LogP contribution in [0, 0.1) is 5.82 Å². The summed E-state index contributed by atoms with van der Waals surface area (Å²) >= 11 is 3.28. The molecular weight excluding hydrogens is 429 g/mol. The van der Waals surface area contributed by atoms with Crippen LogP contribution >= 0.6 is 15.9 Å². The van der Waals surface area contributed by atoms with Gasteiger partial charge in [-0.15, -0.1) is 0 Å². The van der Waals surface area contributed by atoms with Crippen molar-refractivity contribution >= 4 is 33.6 Å². The van der Waals surface area contributed by atoms with Crippen molar-refractivity contribution in [3.63, 3.8) is 0 Å². The van der Waals surface area contributed by atoms with Crippen LogP contribution in [-0.4, -0.2) is 54.5 Å². The SMILES string of the molecule is CCOC(=O)c1ccc(N2CCCN(C(=O)c3cc(Br)ccc3F)CC2)nc1. The van der Waals surface area contributed by atoms with Crippen LogP contribution in [0.3, 0.4) is 0 Å². The molecule has 2 heterocycles. The van der Waals surface area contributed by atoms with Crippen LogP contribution < -0.4 is 4.90 Å². The highest BCUT2D eigenvalue weighted by molar-refractivity contribution is 9.10. The van der Waals surface area contributed by atoms with Gasteiger partial charge in [0.1, 0.15) is 11.6 Å². The fraction of sp³-hybridized carbons (Fsp3) is 0.350.